The highest BCUT2D eigenvalue weighted by Gasteiger charge is 2.09. The Balaban J connectivity index is 3.64. The summed E-state index contributed by atoms with van der Waals surface area (Å²) in [5.41, 5.74) is 0.208. The second-order valence-electron chi connectivity index (χ2n) is 2.40. The lowest BCUT2D eigenvalue weighted by atomic mass is 10.3. The summed E-state index contributed by atoms with van der Waals surface area (Å²) in [5.74, 6) is -0.487. The van der Waals surface area contributed by atoms with Gasteiger partial charge in [-0.15, -0.1) is 11.6 Å². The Kier molecular flexibility index (Phi) is 5.76. The molecular formula is C8H13ClO3. The van der Waals surface area contributed by atoms with Gasteiger partial charge >= 0.3 is 5.97 Å². The van der Waals surface area contributed by atoms with Gasteiger partial charge in [0.15, 0.2) is 0 Å². The molecule has 70 valence electrons. The minimum absolute atomic E-state index is 0.00520. The minimum Gasteiger partial charge on any atom is -0.460 e. The van der Waals surface area contributed by atoms with Crippen molar-refractivity contribution in [2.24, 2.45) is 0 Å². The smallest absolute Gasteiger partial charge is 0.334 e. The molecule has 0 bridgehead atoms. The first-order valence-electron chi connectivity index (χ1n) is 3.70. The third kappa shape index (κ3) is 4.36. The lowest BCUT2D eigenvalue weighted by Gasteiger charge is -2.08. The zero-order valence-corrected chi connectivity index (χ0v) is 7.80. The van der Waals surface area contributed by atoms with Gasteiger partial charge in [0, 0.05) is 5.57 Å². The maximum atomic E-state index is 10.9. The Morgan fingerprint density at radius 3 is 2.75 bits per heavy atom. The molecule has 0 spiro atoms. The average molecular weight is 193 g/mol. The van der Waals surface area contributed by atoms with E-state index in [1.807, 2.05) is 0 Å². The van der Waals surface area contributed by atoms with E-state index in [0.29, 0.717) is 6.42 Å². The van der Waals surface area contributed by atoms with Gasteiger partial charge in [0.2, 0.25) is 0 Å². The van der Waals surface area contributed by atoms with Crippen molar-refractivity contribution in [2.45, 2.75) is 19.4 Å². The molecule has 0 aliphatic rings. The van der Waals surface area contributed by atoms with E-state index in [4.69, 9.17) is 16.7 Å². The van der Waals surface area contributed by atoms with Crippen molar-refractivity contribution in [3.63, 3.8) is 0 Å². The van der Waals surface area contributed by atoms with Gasteiger partial charge in [0.25, 0.3) is 0 Å². The van der Waals surface area contributed by atoms with Gasteiger partial charge in [-0.25, -0.2) is 4.79 Å². The summed E-state index contributed by atoms with van der Waals surface area (Å²) in [6.07, 6.45) is -0.0437. The molecule has 0 saturated carbocycles. The molecule has 0 fully saturated rings. The third-order valence-electron chi connectivity index (χ3n) is 1.33. The summed E-state index contributed by atoms with van der Waals surface area (Å²) in [4.78, 5) is 10.9. The normalized spacial score (nSPS) is 12.2. The Labute approximate surface area is 77.0 Å². The van der Waals surface area contributed by atoms with E-state index in [-0.39, 0.29) is 18.1 Å². The molecule has 0 heterocycles. The fourth-order valence-electron chi connectivity index (χ4n) is 0.446. The molecule has 3 nitrogen and oxygen atoms in total. The Morgan fingerprint density at radius 1 is 1.75 bits per heavy atom. The van der Waals surface area contributed by atoms with Gasteiger partial charge in [-0.1, -0.05) is 13.5 Å². The van der Waals surface area contributed by atoms with E-state index in [2.05, 4.69) is 11.3 Å². The van der Waals surface area contributed by atoms with Crippen molar-refractivity contribution in [1.82, 2.24) is 0 Å². The molecule has 0 rings (SSSR count). The average Bonchev–Trinajstić information content (AvgIpc) is 2.11. The predicted molar refractivity (Wildman–Crippen MR) is 47.1 cm³/mol. The maximum absolute atomic E-state index is 10.9. The van der Waals surface area contributed by atoms with Crippen LogP contribution in [0.25, 0.3) is 0 Å². The Bertz CT molecular complexity index is 168. The van der Waals surface area contributed by atoms with Gasteiger partial charge in [0.1, 0.15) is 6.61 Å². The third-order valence-corrected chi connectivity index (χ3v) is 1.65. The largest absolute Gasteiger partial charge is 0.460 e. The highest BCUT2D eigenvalue weighted by molar-refractivity contribution is 6.22. The zero-order chi connectivity index (χ0) is 9.56. The highest BCUT2D eigenvalue weighted by Crippen LogP contribution is 1.99. The number of hydrogen-bond acceptors (Lipinski definition) is 3. The first-order valence-corrected chi connectivity index (χ1v) is 4.24. The summed E-state index contributed by atoms with van der Waals surface area (Å²) in [6, 6.07) is 0. The second kappa shape index (κ2) is 6.03. The summed E-state index contributed by atoms with van der Waals surface area (Å²) in [5, 5.41) is 9.02. The van der Waals surface area contributed by atoms with Crippen LogP contribution in [-0.2, 0) is 9.53 Å². The monoisotopic (exact) mass is 192 g/mol. The molecule has 0 saturated heterocycles. The van der Waals surface area contributed by atoms with Gasteiger partial charge in [0.05, 0.1) is 12.0 Å². The van der Waals surface area contributed by atoms with Crippen molar-refractivity contribution >= 4 is 17.6 Å². The number of hydrogen-bond donors (Lipinski definition) is 1. The lowest BCUT2D eigenvalue weighted by molar-refractivity contribution is -0.141. The number of ether oxygens (including phenoxy) is 1. The molecule has 0 aliphatic carbocycles. The summed E-state index contributed by atoms with van der Waals surface area (Å²) in [6.45, 7) is 5.19. The molecule has 1 unspecified atom stereocenters. The SMILES string of the molecule is C=C(CCl)C(=O)OCC(O)CC. The number of carbonyl (C=O) groups excluding carboxylic acids is 1. The fraction of sp³-hybridized carbons (Fsp3) is 0.625. The van der Waals surface area contributed by atoms with Gasteiger partial charge < -0.3 is 9.84 Å². The fourth-order valence-corrected chi connectivity index (χ4v) is 0.555. The molecule has 0 aliphatic heterocycles. The quantitative estimate of drug-likeness (QED) is 0.403. The van der Waals surface area contributed by atoms with Crippen molar-refractivity contribution in [1.29, 1.82) is 0 Å². The van der Waals surface area contributed by atoms with Gasteiger partial charge in [-0.2, -0.15) is 0 Å². The lowest BCUT2D eigenvalue weighted by Crippen LogP contribution is -2.18. The molecule has 1 N–H and O–H groups in total. The molecule has 0 aromatic rings. The number of esters is 1. The van der Waals surface area contributed by atoms with Crippen LogP contribution >= 0.6 is 11.6 Å². The van der Waals surface area contributed by atoms with Crippen LogP contribution in [0, 0.1) is 0 Å². The molecule has 0 aromatic carbocycles. The van der Waals surface area contributed by atoms with Crippen molar-refractivity contribution in [3.05, 3.63) is 12.2 Å². The highest BCUT2D eigenvalue weighted by atomic mass is 35.5. The molecule has 12 heavy (non-hydrogen) atoms. The van der Waals surface area contributed by atoms with Crippen LogP contribution in [0.5, 0.6) is 0 Å². The van der Waals surface area contributed by atoms with Crippen molar-refractivity contribution in [2.75, 3.05) is 12.5 Å². The Morgan fingerprint density at radius 2 is 2.33 bits per heavy atom. The first kappa shape index (κ1) is 11.5. The maximum Gasteiger partial charge on any atom is 0.334 e. The van der Waals surface area contributed by atoms with Crippen LogP contribution in [0.15, 0.2) is 12.2 Å². The number of alkyl halides is 1. The standard InChI is InChI=1S/C8H13ClO3/c1-3-7(10)5-12-8(11)6(2)4-9/h7,10H,2-5H2,1H3. The Hall–Kier alpha value is -0.540. The van der Waals surface area contributed by atoms with E-state index in [1.165, 1.54) is 0 Å². The van der Waals surface area contributed by atoms with E-state index in [0.717, 1.165) is 0 Å². The van der Waals surface area contributed by atoms with E-state index < -0.39 is 12.1 Å². The molecule has 1 atom stereocenters. The van der Waals surface area contributed by atoms with Crippen LogP contribution in [0.1, 0.15) is 13.3 Å². The number of aliphatic hydroxyl groups excluding tert-OH is 1. The van der Waals surface area contributed by atoms with E-state index >= 15 is 0 Å². The number of carbonyl (C=O) groups is 1. The molecular weight excluding hydrogens is 180 g/mol. The number of rotatable bonds is 5. The second-order valence-corrected chi connectivity index (χ2v) is 2.66. The zero-order valence-electron chi connectivity index (χ0n) is 7.05. The topological polar surface area (TPSA) is 46.5 Å². The van der Waals surface area contributed by atoms with Crippen LogP contribution < -0.4 is 0 Å². The van der Waals surface area contributed by atoms with Crippen molar-refractivity contribution < 1.29 is 14.6 Å². The summed E-state index contributed by atoms with van der Waals surface area (Å²) >= 11 is 5.33. The molecule has 4 heteroatoms. The van der Waals surface area contributed by atoms with Gasteiger partial charge in [-0.3, -0.25) is 0 Å². The van der Waals surface area contributed by atoms with E-state index in [9.17, 15) is 4.79 Å². The first-order chi connectivity index (χ1) is 5.61. The van der Waals surface area contributed by atoms with Crippen LogP contribution in [0.4, 0.5) is 0 Å². The summed E-state index contributed by atoms with van der Waals surface area (Å²) < 4.78 is 4.67. The molecule has 0 radical (unpaired) electrons. The summed E-state index contributed by atoms with van der Waals surface area (Å²) in [7, 11) is 0. The van der Waals surface area contributed by atoms with E-state index in [1.54, 1.807) is 6.92 Å². The minimum atomic E-state index is -0.600. The molecule has 0 aromatic heterocycles. The van der Waals surface area contributed by atoms with Crippen LogP contribution in [0.2, 0.25) is 0 Å². The van der Waals surface area contributed by atoms with Crippen LogP contribution in [0.3, 0.4) is 0 Å². The predicted octanol–water partition coefficient (Wildman–Crippen LogP) is 1.10. The number of aliphatic hydroxyl groups is 1. The van der Waals surface area contributed by atoms with Crippen LogP contribution in [-0.4, -0.2) is 29.7 Å². The number of halogens is 1. The molecule has 0 amide bonds. The van der Waals surface area contributed by atoms with Gasteiger partial charge in [-0.05, 0) is 6.42 Å². The van der Waals surface area contributed by atoms with Crippen molar-refractivity contribution in [3.8, 4) is 0 Å².